The second-order valence-electron chi connectivity index (χ2n) is 7.98. The van der Waals surface area contributed by atoms with Gasteiger partial charge in [-0.2, -0.15) is 26.0 Å². The molecule has 26 heavy (non-hydrogen) atoms. The lowest BCUT2D eigenvalue weighted by molar-refractivity contribution is -0.349. The third-order valence-electron chi connectivity index (χ3n) is 3.61. The Kier molecular flexibility index (Phi) is 5.53. The molecule has 1 aromatic carbocycles. The van der Waals surface area contributed by atoms with E-state index in [-0.39, 0.29) is 16.9 Å². The SMILES string of the molecule is CC(C)(C)c1cc(C(F)(F)OC(F)(F)S(=O)(=O)O)cc(C(C)(C)C)c1O. The van der Waals surface area contributed by atoms with Gasteiger partial charge in [-0.25, -0.2) is 4.74 Å². The third kappa shape index (κ3) is 4.66. The summed E-state index contributed by atoms with van der Waals surface area (Å²) >= 11 is 0. The molecular weight excluding hydrogens is 380 g/mol. The molecule has 0 bridgehead atoms. The lowest BCUT2D eigenvalue weighted by Crippen LogP contribution is -2.38. The van der Waals surface area contributed by atoms with Gasteiger partial charge in [0, 0.05) is 11.1 Å². The summed E-state index contributed by atoms with van der Waals surface area (Å²) in [5, 5.41) is 10.4. The Hall–Kier alpha value is -1.39. The first-order valence-corrected chi connectivity index (χ1v) is 8.95. The zero-order valence-corrected chi connectivity index (χ0v) is 16.0. The van der Waals surface area contributed by atoms with Gasteiger partial charge in [-0.05, 0) is 23.0 Å². The molecule has 0 aliphatic heterocycles. The maximum Gasteiger partial charge on any atom is 0.492 e. The number of phenolic OH excluding ortho intramolecular Hbond substituents is 1. The minimum absolute atomic E-state index is 0.0402. The lowest BCUT2D eigenvalue weighted by Gasteiger charge is -2.30. The number of ether oxygens (including phenoxy) is 1. The van der Waals surface area contributed by atoms with E-state index in [1.807, 2.05) is 0 Å². The molecule has 0 aliphatic rings. The average molecular weight is 402 g/mol. The molecule has 0 aromatic heterocycles. The predicted octanol–water partition coefficient (Wildman–Crippen LogP) is 4.49. The molecule has 0 spiro atoms. The molecule has 1 aromatic rings. The zero-order valence-electron chi connectivity index (χ0n) is 15.2. The average Bonchev–Trinajstić information content (AvgIpc) is 2.32. The minimum atomic E-state index is -6.21. The normalized spacial score (nSPS) is 14.6. The van der Waals surface area contributed by atoms with Gasteiger partial charge < -0.3 is 5.11 Å². The van der Waals surface area contributed by atoms with Crippen molar-refractivity contribution in [2.45, 2.75) is 63.9 Å². The molecular formula is C16H22F4O5S. The largest absolute Gasteiger partial charge is 0.507 e. The van der Waals surface area contributed by atoms with Crippen LogP contribution in [-0.2, 0) is 31.8 Å². The van der Waals surface area contributed by atoms with Gasteiger partial charge in [0.25, 0.3) is 0 Å². The molecule has 0 saturated carbocycles. The fourth-order valence-corrected chi connectivity index (χ4v) is 2.42. The van der Waals surface area contributed by atoms with E-state index in [4.69, 9.17) is 4.55 Å². The molecule has 0 amide bonds. The quantitative estimate of drug-likeness (QED) is 0.573. The molecule has 1 rings (SSSR count). The molecule has 0 aliphatic carbocycles. The van der Waals surface area contributed by atoms with Crippen LogP contribution in [0.25, 0.3) is 0 Å². The summed E-state index contributed by atoms with van der Waals surface area (Å²) in [7, 11) is -6.21. The number of rotatable bonds is 4. The van der Waals surface area contributed by atoms with Crippen LogP contribution in [0.1, 0.15) is 58.2 Å². The van der Waals surface area contributed by atoms with Crippen LogP contribution in [0.2, 0.25) is 0 Å². The van der Waals surface area contributed by atoms with Crippen molar-refractivity contribution in [3.05, 3.63) is 28.8 Å². The van der Waals surface area contributed by atoms with Crippen molar-refractivity contribution < 1.29 is 40.4 Å². The van der Waals surface area contributed by atoms with Crippen LogP contribution in [0, 0.1) is 0 Å². The van der Waals surface area contributed by atoms with E-state index in [0.29, 0.717) is 0 Å². The van der Waals surface area contributed by atoms with Crippen molar-refractivity contribution in [1.82, 2.24) is 0 Å². The Morgan fingerprint density at radius 1 is 0.885 bits per heavy atom. The molecule has 0 fully saturated rings. The minimum Gasteiger partial charge on any atom is -0.507 e. The van der Waals surface area contributed by atoms with Gasteiger partial charge in [0.2, 0.25) is 0 Å². The fourth-order valence-electron chi connectivity index (χ4n) is 2.21. The van der Waals surface area contributed by atoms with Crippen molar-refractivity contribution in [2.75, 3.05) is 0 Å². The first-order valence-electron chi connectivity index (χ1n) is 7.51. The van der Waals surface area contributed by atoms with Gasteiger partial charge in [0.05, 0.1) is 5.56 Å². The number of alkyl halides is 4. The van der Waals surface area contributed by atoms with Crippen molar-refractivity contribution in [3.8, 4) is 5.75 Å². The Morgan fingerprint density at radius 2 is 1.23 bits per heavy atom. The summed E-state index contributed by atoms with van der Waals surface area (Å²) < 4.78 is 87.8. The highest BCUT2D eigenvalue weighted by Crippen LogP contribution is 2.45. The smallest absolute Gasteiger partial charge is 0.492 e. The number of halogens is 4. The van der Waals surface area contributed by atoms with E-state index in [9.17, 15) is 31.1 Å². The molecule has 150 valence electrons. The molecule has 0 unspecified atom stereocenters. The van der Waals surface area contributed by atoms with Crippen molar-refractivity contribution >= 4 is 10.1 Å². The first-order chi connectivity index (χ1) is 11.2. The highest BCUT2D eigenvalue weighted by molar-refractivity contribution is 7.86. The maximum atomic E-state index is 14.3. The van der Waals surface area contributed by atoms with Gasteiger partial charge in [0.1, 0.15) is 5.75 Å². The monoisotopic (exact) mass is 402 g/mol. The van der Waals surface area contributed by atoms with E-state index in [2.05, 4.69) is 4.74 Å². The highest BCUT2D eigenvalue weighted by atomic mass is 32.2. The molecule has 10 heteroatoms. The van der Waals surface area contributed by atoms with Crippen LogP contribution < -0.4 is 0 Å². The molecule has 2 N–H and O–H groups in total. The second kappa shape index (κ2) is 6.35. The van der Waals surface area contributed by atoms with E-state index >= 15 is 0 Å². The first kappa shape index (κ1) is 22.7. The summed E-state index contributed by atoms with van der Waals surface area (Å²) in [6.45, 7) is 9.69. The third-order valence-corrected chi connectivity index (χ3v) is 4.29. The predicted molar refractivity (Wildman–Crippen MR) is 87.0 cm³/mol. The number of aromatic hydroxyl groups is 1. The van der Waals surface area contributed by atoms with Crippen LogP contribution in [0.15, 0.2) is 12.1 Å². The summed E-state index contributed by atoms with van der Waals surface area (Å²) in [6, 6.07) is 1.54. The topological polar surface area (TPSA) is 83.8 Å². The fraction of sp³-hybridized carbons (Fsp3) is 0.625. The number of hydrogen-bond donors (Lipinski definition) is 2. The Morgan fingerprint density at radius 3 is 1.50 bits per heavy atom. The highest BCUT2D eigenvalue weighted by Gasteiger charge is 2.55. The van der Waals surface area contributed by atoms with Crippen LogP contribution in [0.3, 0.4) is 0 Å². The molecule has 5 nitrogen and oxygen atoms in total. The van der Waals surface area contributed by atoms with Crippen LogP contribution in [0.5, 0.6) is 5.75 Å². The summed E-state index contributed by atoms with van der Waals surface area (Å²) in [5.41, 5.74) is -8.17. The number of hydrogen-bond acceptors (Lipinski definition) is 4. The zero-order chi connectivity index (χ0) is 20.9. The van der Waals surface area contributed by atoms with E-state index in [1.165, 1.54) is 0 Å². The number of phenols is 1. The van der Waals surface area contributed by atoms with E-state index in [0.717, 1.165) is 12.1 Å². The summed E-state index contributed by atoms with van der Waals surface area (Å²) in [4.78, 5) is 0. The van der Waals surface area contributed by atoms with Gasteiger partial charge in [-0.15, -0.1) is 0 Å². The number of benzene rings is 1. The van der Waals surface area contributed by atoms with Crippen LogP contribution >= 0.6 is 0 Å². The standard InChI is InChI=1S/C16H22F4O5S/c1-13(2,3)10-7-9(8-11(12(10)21)14(4,5)6)15(17,18)25-16(19,20)26(22,23)24/h7-8,21H,1-6H3,(H,22,23,24). The van der Waals surface area contributed by atoms with Gasteiger partial charge >= 0.3 is 21.7 Å². The second-order valence-corrected chi connectivity index (χ2v) is 9.40. The lowest BCUT2D eigenvalue weighted by atomic mass is 9.78. The summed E-state index contributed by atoms with van der Waals surface area (Å²) in [6.07, 6.45) is -4.76. The summed E-state index contributed by atoms with van der Waals surface area (Å²) in [5.74, 6) is -0.272. The molecule has 0 saturated heterocycles. The van der Waals surface area contributed by atoms with Gasteiger partial charge in [-0.3, -0.25) is 4.55 Å². The van der Waals surface area contributed by atoms with Gasteiger partial charge in [-0.1, -0.05) is 41.5 Å². The van der Waals surface area contributed by atoms with Crippen molar-refractivity contribution in [3.63, 3.8) is 0 Å². The molecule has 0 atom stereocenters. The maximum absolute atomic E-state index is 14.3. The van der Waals surface area contributed by atoms with Crippen molar-refractivity contribution in [1.29, 1.82) is 0 Å². The van der Waals surface area contributed by atoms with Gasteiger partial charge in [0.15, 0.2) is 0 Å². The molecule has 0 radical (unpaired) electrons. The Balaban J connectivity index is 3.67. The van der Waals surface area contributed by atoms with Crippen LogP contribution in [0.4, 0.5) is 17.6 Å². The van der Waals surface area contributed by atoms with E-state index < -0.39 is 38.1 Å². The van der Waals surface area contributed by atoms with Crippen LogP contribution in [-0.4, -0.2) is 23.5 Å². The Labute approximate surface area is 149 Å². The van der Waals surface area contributed by atoms with Crippen molar-refractivity contribution in [2.24, 2.45) is 0 Å². The Bertz CT molecular complexity index is 755. The van der Waals surface area contributed by atoms with E-state index in [1.54, 1.807) is 41.5 Å². The molecule has 0 heterocycles.